The number of rotatable bonds is 10. The van der Waals surface area contributed by atoms with Crippen LogP contribution in [0.25, 0.3) is 0 Å². The first-order chi connectivity index (χ1) is 23.4. The quantitative estimate of drug-likeness (QED) is 0.0898. The van der Waals surface area contributed by atoms with Crippen LogP contribution in [0.4, 0.5) is 4.79 Å². The van der Waals surface area contributed by atoms with Gasteiger partial charge in [-0.3, -0.25) is 19.4 Å². The number of aromatic hydroxyl groups is 1. The molecule has 2 bridgehead atoms. The van der Waals surface area contributed by atoms with Gasteiger partial charge in [0.15, 0.2) is 17.5 Å². The third-order valence-corrected chi connectivity index (χ3v) is 10.1. The third-order valence-electron chi connectivity index (χ3n) is 10.1. The number of piperidine rings is 2. The summed E-state index contributed by atoms with van der Waals surface area (Å²) in [5.41, 5.74) is 12.3. The van der Waals surface area contributed by atoms with E-state index in [0.717, 1.165) is 63.1 Å². The average Bonchev–Trinajstić information content (AvgIpc) is 3.07. The number of guanidine groups is 1. The molecule has 2 aliphatic carbocycles. The van der Waals surface area contributed by atoms with Crippen molar-refractivity contribution >= 4 is 29.8 Å². The van der Waals surface area contributed by atoms with E-state index in [1.165, 1.54) is 19.0 Å². The molecule has 2 heterocycles. The van der Waals surface area contributed by atoms with Gasteiger partial charge in [-0.2, -0.15) is 0 Å². The van der Waals surface area contributed by atoms with Crippen molar-refractivity contribution in [3.8, 4) is 11.5 Å². The number of fused-ring (bicyclic) bond motifs is 1. The number of benzene rings is 1. The van der Waals surface area contributed by atoms with Crippen LogP contribution in [0.15, 0.2) is 29.0 Å². The van der Waals surface area contributed by atoms with Crippen molar-refractivity contribution in [1.82, 2.24) is 20.4 Å². The van der Waals surface area contributed by atoms with Crippen molar-refractivity contribution < 1.29 is 38.9 Å². The van der Waals surface area contributed by atoms with Crippen LogP contribution in [0.2, 0.25) is 0 Å². The molecule has 15 heteroatoms. The zero-order valence-corrected chi connectivity index (χ0v) is 28.7. The first-order valence-corrected chi connectivity index (χ1v) is 16.9. The number of methoxy groups -OCH3 is 1. The maximum Gasteiger partial charge on any atom is 0.414 e. The number of carbonyl (C=O) groups is 4. The van der Waals surface area contributed by atoms with E-state index in [9.17, 15) is 24.3 Å². The number of likely N-dealkylation sites (N-methyl/N-ethyl adjacent to an activating group) is 2. The number of amides is 3. The van der Waals surface area contributed by atoms with Crippen LogP contribution >= 0.6 is 0 Å². The summed E-state index contributed by atoms with van der Waals surface area (Å²) in [7, 11) is 5.23. The molecule has 3 amide bonds. The van der Waals surface area contributed by atoms with Crippen LogP contribution in [0, 0.1) is 5.92 Å². The van der Waals surface area contributed by atoms with E-state index in [-0.39, 0.29) is 23.2 Å². The number of aliphatic imine (C=N–C) groups is 1. The van der Waals surface area contributed by atoms with Crippen molar-refractivity contribution in [2.24, 2.45) is 22.4 Å². The average molecular weight is 686 g/mol. The highest BCUT2D eigenvalue weighted by atomic mass is 16.6. The number of hydrogen-bond donors (Lipinski definition) is 6. The summed E-state index contributed by atoms with van der Waals surface area (Å²) < 4.78 is 11.4. The first-order valence-electron chi connectivity index (χ1n) is 16.9. The molecule has 5 rings (SSSR count). The molecular weight excluding hydrogens is 634 g/mol. The molecule has 4 atom stereocenters. The Labute approximate surface area is 287 Å². The number of phenols is 1. The number of nitrogens with one attached hydrogen (secondary N) is 2. The van der Waals surface area contributed by atoms with Crippen molar-refractivity contribution in [3.05, 3.63) is 35.1 Å². The molecule has 15 nitrogen and oxygen atoms in total. The second-order valence-electron chi connectivity index (χ2n) is 13.2. The highest BCUT2D eigenvalue weighted by Crippen LogP contribution is 2.58. The number of nitrogens with zero attached hydrogens (tertiary/aromatic N) is 3. The fourth-order valence-electron chi connectivity index (χ4n) is 7.73. The van der Waals surface area contributed by atoms with E-state index >= 15 is 0 Å². The SMILES string of the molecule is CNC(=O)C(CCCN=C(N)N)NC(=O)CC(=O)O.COc1ccc2c(c1O)C13CCN(C)C(C2)C1CC=C(OC(=O)N1CCCCC1)C3. The predicted molar refractivity (Wildman–Crippen MR) is 182 cm³/mol. The number of carboxylic acids is 1. The monoisotopic (exact) mass is 685 g/mol. The van der Waals surface area contributed by atoms with E-state index in [0.29, 0.717) is 43.5 Å². The van der Waals surface area contributed by atoms with Crippen molar-refractivity contribution in [1.29, 1.82) is 0 Å². The number of carboxylic acid groups (broad SMARTS) is 1. The Hall–Kier alpha value is -4.53. The Morgan fingerprint density at radius 1 is 1.14 bits per heavy atom. The molecule has 8 N–H and O–H groups in total. The first kappa shape index (κ1) is 37.3. The van der Waals surface area contributed by atoms with E-state index in [1.807, 2.05) is 11.0 Å². The molecule has 2 fully saturated rings. The number of likely N-dealkylation sites (tertiary alicyclic amines) is 2. The summed E-state index contributed by atoms with van der Waals surface area (Å²) in [5.74, 6) is -0.460. The van der Waals surface area contributed by atoms with E-state index < -0.39 is 30.2 Å². The zero-order valence-electron chi connectivity index (χ0n) is 28.7. The van der Waals surface area contributed by atoms with Crippen LogP contribution in [0.3, 0.4) is 0 Å². The van der Waals surface area contributed by atoms with Crippen molar-refractivity contribution in [2.75, 3.05) is 47.4 Å². The van der Waals surface area contributed by atoms with Gasteiger partial charge in [0.1, 0.15) is 18.2 Å². The maximum atomic E-state index is 12.7. The number of ether oxygens (including phenoxy) is 2. The lowest BCUT2D eigenvalue weighted by Crippen LogP contribution is -2.59. The molecule has 4 aliphatic rings. The lowest BCUT2D eigenvalue weighted by Gasteiger charge is -2.57. The summed E-state index contributed by atoms with van der Waals surface area (Å²) in [4.78, 5) is 53.9. The van der Waals surface area contributed by atoms with E-state index in [4.69, 9.17) is 26.0 Å². The van der Waals surface area contributed by atoms with Gasteiger partial charge >= 0.3 is 12.1 Å². The van der Waals surface area contributed by atoms with Gasteiger partial charge in [0.2, 0.25) is 11.8 Å². The molecule has 0 radical (unpaired) electrons. The number of carbonyl (C=O) groups excluding carboxylic acids is 3. The van der Waals surface area contributed by atoms with Gasteiger partial charge < -0.3 is 51.6 Å². The minimum absolute atomic E-state index is 0.0496. The number of aliphatic carboxylic acids is 1. The third kappa shape index (κ3) is 8.94. The normalized spacial score (nSPS) is 23.2. The fraction of sp³-hybridized carbons (Fsp3) is 0.618. The van der Waals surface area contributed by atoms with E-state index in [2.05, 4.69) is 39.7 Å². The van der Waals surface area contributed by atoms with E-state index in [1.54, 1.807) is 7.11 Å². The summed E-state index contributed by atoms with van der Waals surface area (Å²) in [6.45, 7) is 2.87. The summed E-state index contributed by atoms with van der Waals surface area (Å²) >= 11 is 0. The minimum atomic E-state index is -1.26. The van der Waals surface area contributed by atoms with Gasteiger partial charge in [-0.25, -0.2) is 4.79 Å². The molecular formula is C34H51N7O8. The Kier molecular flexibility index (Phi) is 12.7. The Morgan fingerprint density at radius 3 is 2.53 bits per heavy atom. The molecule has 1 aromatic rings. The lowest BCUT2D eigenvalue weighted by molar-refractivity contribution is -0.141. The number of hydrogen-bond acceptors (Lipinski definition) is 9. The lowest BCUT2D eigenvalue weighted by atomic mass is 9.53. The number of phenolic OH excluding ortho intramolecular Hbond substituents is 1. The maximum absolute atomic E-state index is 12.7. The molecule has 270 valence electrons. The number of nitrogens with two attached hydrogens (primary N) is 2. The Balaban J connectivity index is 0.000000249. The van der Waals surface area contributed by atoms with Crippen LogP contribution in [-0.2, 0) is 31.0 Å². The van der Waals surface area contributed by atoms with Crippen LogP contribution in [0.1, 0.15) is 68.9 Å². The summed E-state index contributed by atoms with van der Waals surface area (Å²) in [6.07, 6.45) is 8.71. The highest BCUT2D eigenvalue weighted by Gasteiger charge is 2.55. The van der Waals surface area contributed by atoms with Gasteiger partial charge in [0.25, 0.3) is 0 Å². The van der Waals surface area contributed by atoms with Gasteiger partial charge in [0.05, 0.1) is 7.11 Å². The molecule has 0 spiro atoms. The highest BCUT2D eigenvalue weighted by molar-refractivity contribution is 5.96. The van der Waals surface area contributed by atoms with Gasteiger partial charge in [-0.05, 0) is 88.6 Å². The van der Waals surface area contributed by atoms with Crippen LogP contribution < -0.4 is 26.8 Å². The second kappa shape index (κ2) is 16.7. The number of allylic oxidation sites excluding steroid dienone is 2. The second-order valence-corrected chi connectivity index (χ2v) is 13.2. The molecule has 49 heavy (non-hydrogen) atoms. The topological polar surface area (TPSA) is 222 Å². The van der Waals surface area contributed by atoms with Crippen molar-refractivity contribution in [2.45, 2.75) is 81.7 Å². The van der Waals surface area contributed by atoms with Crippen LogP contribution in [-0.4, -0.2) is 109 Å². The van der Waals surface area contributed by atoms with Crippen molar-refractivity contribution in [3.63, 3.8) is 0 Å². The molecule has 2 saturated heterocycles. The molecule has 1 aromatic carbocycles. The minimum Gasteiger partial charge on any atom is -0.504 e. The summed E-state index contributed by atoms with van der Waals surface area (Å²) in [5, 5.41) is 24.3. The smallest absolute Gasteiger partial charge is 0.414 e. The molecule has 0 aromatic heterocycles. The zero-order chi connectivity index (χ0) is 35.7. The Bertz CT molecular complexity index is 1440. The van der Waals surface area contributed by atoms with Gasteiger partial charge in [0, 0.05) is 50.1 Å². The largest absolute Gasteiger partial charge is 0.504 e. The Morgan fingerprint density at radius 2 is 1.88 bits per heavy atom. The standard InChI is InChI=1S/C24H32N2O4.C10H19N5O4/c1-25-13-10-24-15-17(30-23(28)26-11-4-3-5-12-26)7-8-18(24)19(25)14-16-6-9-20(29-2)22(27)21(16)24;1-13-9(19)6(3-2-4-14-10(11)12)15-7(16)5-8(17)18/h6-7,9,18-19,27H,3-5,8,10-15H2,1-2H3;6H,2-5H2,1H3,(H,13,19)(H,15,16)(H,17,18)(H4,11,12,14). The predicted octanol–water partition coefficient (Wildman–Crippen LogP) is 1.56. The molecule has 2 aliphatic heterocycles. The molecule has 4 unspecified atom stereocenters. The van der Waals surface area contributed by atoms with Crippen LogP contribution in [0.5, 0.6) is 11.5 Å². The summed E-state index contributed by atoms with van der Waals surface area (Å²) in [6, 6.07) is 3.62. The molecule has 0 saturated carbocycles. The fourth-order valence-corrected chi connectivity index (χ4v) is 7.73. The van der Waals surface area contributed by atoms with Gasteiger partial charge in [-0.1, -0.05) is 6.07 Å². The van der Waals surface area contributed by atoms with Gasteiger partial charge in [-0.15, -0.1) is 0 Å².